The van der Waals surface area contributed by atoms with Crippen LogP contribution in [0.1, 0.15) is 77.0 Å². The Morgan fingerprint density at radius 2 is 0.938 bits per heavy atom. The molecule has 0 aliphatic heterocycles. The molecule has 9 rings (SSSR count). The van der Waals surface area contributed by atoms with E-state index in [1.165, 1.54) is 43.3 Å². The lowest BCUT2D eigenvalue weighted by Gasteiger charge is -2.55. The average molecular weight is 438 g/mol. The van der Waals surface area contributed by atoms with Gasteiger partial charge in [0.15, 0.2) is 11.6 Å². The van der Waals surface area contributed by atoms with E-state index in [1.807, 2.05) is 0 Å². The summed E-state index contributed by atoms with van der Waals surface area (Å²) in [7, 11) is 1.75. The maximum Gasteiger partial charge on any atom is 0.231 e. The number of hydrogen-bond acceptors (Lipinski definition) is 4. The summed E-state index contributed by atoms with van der Waals surface area (Å²) in [5, 5.41) is 15.1. The van der Waals surface area contributed by atoms with E-state index in [0.29, 0.717) is 47.1 Å². The van der Waals surface area contributed by atoms with Crippen molar-refractivity contribution in [2.24, 2.45) is 53.4 Å². The maximum absolute atomic E-state index is 13.5. The lowest BCUT2D eigenvalue weighted by atomic mass is 9.49. The number of rotatable bonds is 4. The van der Waals surface area contributed by atoms with Crippen molar-refractivity contribution in [3.8, 4) is 0 Å². The van der Waals surface area contributed by atoms with Gasteiger partial charge >= 0.3 is 0 Å². The van der Waals surface area contributed by atoms with Crippen molar-refractivity contribution >= 4 is 23.5 Å². The number of nitrogens with one attached hydrogen (secondary N) is 2. The van der Waals surface area contributed by atoms with Crippen molar-refractivity contribution in [1.29, 1.82) is 0 Å². The van der Waals surface area contributed by atoms with Crippen LogP contribution < -0.4 is 10.6 Å². The zero-order chi connectivity index (χ0) is 21.7. The highest BCUT2D eigenvalue weighted by molar-refractivity contribution is 6.01. The zero-order valence-corrected chi connectivity index (χ0v) is 19.1. The van der Waals surface area contributed by atoms with Crippen LogP contribution in [0, 0.1) is 46.3 Å². The van der Waals surface area contributed by atoms with E-state index >= 15 is 0 Å². The van der Waals surface area contributed by atoms with Crippen molar-refractivity contribution < 1.29 is 9.59 Å². The van der Waals surface area contributed by atoms with Crippen LogP contribution >= 0.6 is 0 Å². The second-order valence-corrected chi connectivity index (χ2v) is 12.7. The van der Waals surface area contributed by atoms with Crippen LogP contribution in [0.2, 0.25) is 0 Å². The Bertz CT molecular complexity index is 835. The van der Waals surface area contributed by atoms with Crippen LogP contribution in [-0.2, 0) is 16.6 Å². The SMILES string of the molecule is Cn1nc(NC(=O)C23CC4CC(CC(C4)C2)C3)c(NC(=O)C23CC4CC(CC(C4)C2)C3)n1. The fourth-order valence-electron chi connectivity index (χ4n) is 9.83. The predicted octanol–water partition coefficient (Wildman–Crippen LogP) is 4.12. The molecule has 7 heteroatoms. The van der Waals surface area contributed by atoms with Gasteiger partial charge in [0.25, 0.3) is 0 Å². The summed E-state index contributed by atoms with van der Waals surface area (Å²) in [6, 6.07) is 0. The molecular weight excluding hydrogens is 402 g/mol. The van der Waals surface area contributed by atoms with Crippen molar-refractivity contribution in [1.82, 2.24) is 15.0 Å². The predicted molar refractivity (Wildman–Crippen MR) is 119 cm³/mol. The Labute approximate surface area is 189 Å². The molecule has 0 spiro atoms. The molecule has 0 aromatic carbocycles. The number of amides is 2. The third-order valence-electron chi connectivity index (χ3n) is 10.2. The molecule has 2 N–H and O–H groups in total. The smallest absolute Gasteiger partial charge is 0.231 e. The molecule has 7 nitrogen and oxygen atoms in total. The van der Waals surface area contributed by atoms with E-state index in [2.05, 4.69) is 20.8 Å². The Morgan fingerprint density at radius 3 is 1.22 bits per heavy atom. The van der Waals surface area contributed by atoms with Gasteiger partial charge in [-0.2, -0.15) is 4.80 Å². The van der Waals surface area contributed by atoms with Crippen molar-refractivity contribution in [3.63, 3.8) is 0 Å². The standard InChI is InChI=1S/C25H35N5O2/c1-30-28-20(26-22(31)24-8-14-2-15(9-24)4-16(3-14)10-24)21(29-30)27-23(32)25-11-17-5-18(12-25)7-19(6-17)13-25/h14-19H,2-13H2,1H3,(H,26,28,31)(H,27,29,32). The molecule has 8 saturated carbocycles. The quantitative estimate of drug-likeness (QED) is 0.741. The summed E-state index contributed by atoms with van der Waals surface area (Å²) < 4.78 is 0. The number of carbonyl (C=O) groups is 2. The first-order valence-corrected chi connectivity index (χ1v) is 12.9. The van der Waals surface area contributed by atoms with E-state index in [9.17, 15) is 9.59 Å². The van der Waals surface area contributed by atoms with Gasteiger partial charge in [0.2, 0.25) is 11.8 Å². The van der Waals surface area contributed by atoms with Crippen molar-refractivity contribution in [2.75, 3.05) is 10.6 Å². The van der Waals surface area contributed by atoms with Gasteiger partial charge in [-0.05, 0) is 113 Å². The highest BCUT2D eigenvalue weighted by atomic mass is 16.2. The van der Waals surface area contributed by atoms with Crippen LogP contribution in [-0.4, -0.2) is 26.8 Å². The second kappa shape index (κ2) is 6.57. The number of hydrogen-bond donors (Lipinski definition) is 2. The van der Waals surface area contributed by atoms with Gasteiger partial charge in [0.1, 0.15) is 0 Å². The summed E-state index contributed by atoms with van der Waals surface area (Å²) in [5.41, 5.74) is -0.485. The van der Waals surface area contributed by atoms with E-state index in [1.54, 1.807) is 7.05 Å². The fourth-order valence-corrected chi connectivity index (χ4v) is 9.83. The number of aromatic nitrogens is 3. The van der Waals surface area contributed by atoms with Crippen LogP contribution in [0.5, 0.6) is 0 Å². The Balaban J connectivity index is 1.10. The number of carbonyl (C=O) groups excluding carboxylic acids is 2. The molecule has 0 saturated heterocycles. The molecule has 32 heavy (non-hydrogen) atoms. The van der Waals surface area contributed by atoms with E-state index in [0.717, 1.165) is 38.5 Å². The molecule has 0 radical (unpaired) electrons. The third kappa shape index (κ3) is 2.91. The Morgan fingerprint density at radius 1 is 0.656 bits per heavy atom. The highest BCUT2D eigenvalue weighted by Gasteiger charge is 2.56. The van der Waals surface area contributed by atoms with Crippen molar-refractivity contribution in [3.05, 3.63) is 0 Å². The number of anilines is 2. The van der Waals surface area contributed by atoms with Crippen molar-refractivity contribution in [2.45, 2.75) is 77.0 Å². The van der Waals surface area contributed by atoms with Gasteiger partial charge in [-0.3, -0.25) is 9.59 Å². The molecule has 1 heterocycles. The van der Waals surface area contributed by atoms with Gasteiger partial charge in [-0.25, -0.2) is 0 Å². The molecule has 8 aliphatic rings. The van der Waals surface area contributed by atoms with E-state index < -0.39 is 0 Å². The summed E-state index contributed by atoms with van der Waals surface area (Å²) in [5.74, 6) is 5.32. The van der Waals surface area contributed by atoms with Gasteiger partial charge in [-0.15, -0.1) is 10.2 Å². The molecule has 8 aliphatic carbocycles. The first-order valence-electron chi connectivity index (χ1n) is 12.9. The lowest BCUT2D eigenvalue weighted by Crippen LogP contribution is -2.52. The van der Waals surface area contributed by atoms with Gasteiger partial charge in [0, 0.05) is 7.05 Å². The second-order valence-electron chi connectivity index (χ2n) is 12.7. The largest absolute Gasteiger partial charge is 0.306 e. The van der Waals surface area contributed by atoms with Gasteiger partial charge < -0.3 is 10.6 Å². The molecular formula is C25H35N5O2. The molecule has 8 fully saturated rings. The molecule has 1 aromatic rings. The fraction of sp³-hybridized carbons (Fsp3) is 0.840. The minimum atomic E-state index is -0.243. The number of aryl methyl sites for hydroxylation is 1. The van der Waals surface area contributed by atoms with Gasteiger partial charge in [0.05, 0.1) is 10.8 Å². The number of nitrogens with zero attached hydrogens (tertiary/aromatic N) is 3. The highest BCUT2D eigenvalue weighted by Crippen LogP contribution is 2.61. The summed E-state index contributed by atoms with van der Waals surface area (Å²) >= 11 is 0. The van der Waals surface area contributed by atoms with Crippen LogP contribution in [0.3, 0.4) is 0 Å². The Hall–Kier alpha value is -1.92. The maximum atomic E-state index is 13.5. The third-order valence-corrected chi connectivity index (χ3v) is 10.2. The summed E-state index contributed by atoms with van der Waals surface area (Å²) in [6.07, 6.45) is 13.9. The zero-order valence-electron chi connectivity index (χ0n) is 19.1. The van der Waals surface area contributed by atoms with E-state index in [-0.39, 0.29) is 22.6 Å². The van der Waals surface area contributed by atoms with E-state index in [4.69, 9.17) is 0 Å². The van der Waals surface area contributed by atoms with Gasteiger partial charge in [-0.1, -0.05) is 0 Å². The molecule has 1 aromatic heterocycles. The Kier molecular flexibility index (Phi) is 4.01. The average Bonchev–Trinajstić information content (AvgIpc) is 3.04. The van der Waals surface area contributed by atoms with Crippen LogP contribution in [0.4, 0.5) is 11.6 Å². The lowest BCUT2D eigenvalue weighted by molar-refractivity contribution is -0.141. The normalized spacial score (nSPS) is 45.3. The molecule has 0 atom stereocenters. The van der Waals surface area contributed by atoms with Crippen LogP contribution in [0.15, 0.2) is 0 Å². The molecule has 8 bridgehead atoms. The minimum absolute atomic E-state index is 0.0994. The van der Waals surface area contributed by atoms with Crippen LogP contribution in [0.25, 0.3) is 0 Å². The molecule has 172 valence electrons. The summed E-state index contributed by atoms with van der Waals surface area (Å²) in [6.45, 7) is 0. The minimum Gasteiger partial charge on any atom is -0.306 e. The first kappa shape index (κ1) is 19.5. The monoisotopic (exact) mass is 437 g/mol. The first-order chi connectivity index (χ1) is 15.4. The summed E-state index contributed by atoms with van der Waals surface area (Å²) in [4.78, 5) is 28.5. The molecule has 2 amide bonds. The molecule has 0 unspecified atom stereocenters. The topological polar surface area (TPSA) is 88.9 Å².